The summed E-state index contributed by atoms with van der Waals surface area (Å²) in [6.07, 6.45) is 3.28. The molecular weight excluding hydrogens is 340 g/mol. The van der Waals surface area contributed by atoms with E-state index in [2.05, 4.69) is 32.1 Å². The highest BCUT2D eigenvalue weighted by molar-refractivity contribution is 5.86. The number of likely N-dealkylation sites (N-methyl/N-ethyl adjacent to an activating group) is 1. The van der Waals surface area contributed by atoms with E-state index in [9.17, 15) is 4.79 Å². The van der Waals surface area contributed by atoms with Crippen LogP contribution in [0.2, 0.25) is 0 Å². The van der Waals surface area contributed by atoms with Crippen LogP contribution in [0.3, 0.4) is 0 Å². The molecular formula is C20H24N6O. The predicted molar refractivity (Wildman–Crippen MR) is 104 cm³/mol. The number of hydrogen-bond donors (Lipinski definition) is 0. The molecule has 27 heavy (non-hydrogen) atoms. The van der Waals surface area contributed by atoms with Gasteiger partial charge in [0.05, 0.1) is 30.4 Å². The zero-order valence-electron chi connectivity index (χ0n) is 18.3. The molecule has 0 amide bonds. The minimum absolute atomic E-state index is 0.128. The first-order valence-corrected chi connectivity index (χ1v) is 9.02. The van der Waals surface area contributed by atoms with Crippen LogP contribution in [0.4, 0.5) is 0 Å². The van der Waals surface area contributed by atoms with Crippen molar-refractivity contribution < 1.29 is 8.91 Å². The molecule has 7 heteroatoms. The number of Topliss-reactive ketones (excluding diaryl/α,β-unsaturated/α-hetero) is 1. The summed E-state index contributed by atoms with van der Waals surface area (Å²) < 4.78 is 23.3. The molecule has 0 saturated carbocycles. The molecule has 2 aromatic heterocycles. The van der Waals surface area contributed by atoms with Crippen LogP contribution < -0.4 is 0 Å². The second kappa shape index (κ2) is 7.54. The summed E-state index contributed by atoms with van der Waals surface area (Å²) in [6, 6.07) is 7.48. The van der Waals surface area contributed by atoms with Crippen LogP contribution in [0.15, 0.2) is 36.7 Å². The lowest BCUT2D eigenvalue weighted by molar-refractivity contribution is -0.120. The van der Waals surface area contributed by atoms with Crippen molar-refractivity contribution in [3.63, 3.8) is 0 Å². The number of rotatable bonds is 5. The van der Waals surface area contributed by atoms with Crippen LogP contribution in [0.5, 0.6) is 0 Å². The molecule has 1 aromatic carbocycles. The van der Waals surface area contributed by atoms with Gasteiger partial charge in [-0.25, -0.2) is 0 Å². The Labute approximate surface area is 162 Å². The van der Waals surface area contributed by atoms with E-state index in [0.717, 1.165) is 47.3 Å². The molecule has 1 aliphatic rings. The van der Waals surface area contributed by atoms with Crippen LogP contribution in [0.25, 0.3) is 22.0 Å². The standard InChI is InChI=1S/C20H24N6O/c1-24-5-7-26(8-6-24)14-19(27)11-18-10-16-9-15(3-4-20(16)23-22-18)17-12-21-25(2)13-17/h3-4,9-10,12-13H,5-8,11,14H2,1-2H3/i2D3. The number of benzene rings is 1. The molecule has 140 valence electrons. The van der Waals surface area contributed by atoms with Gasteiger partial charge in [-0.05, 0) is 30.8 Å². The molecule has 1 fully saturated rings. The van der Waals surface area contributed by atoms with Crippen molar-refractivity contribution in [3.8, 4) is 11.1 Å². The predicted octanol–water partition coefficient (Wildman–Crippen LogP) is 1.39. The van der Waals surface area contributed by atoms with Crippen molar-refractivity contribution >= 4 is 16.7 Å². The normalized spacial score (nSPS) is 18.2. The number of aryl methyl sites for hydroxylation is 1. The molecule has 7 nitrogen and oxygen atoms in total. The van der Waals surface area contributed by atoms with Gasteiger partial charge in [-0.15, -0.1) is 0 Å². The van der Waals surface area contributed by atoms with Crippen molar-refractivity contribution in [1.82, 2.24) is 29.8 Å². The highest BCUT2D eigenvalue weighted by atomic mass is 16.1. The lowest BCUT2D eigenvalue weighted by atomic mass is 10.1. The monoisotopic (exact) mass is 367 g/mol. The number of hydrogen-bond acceptors (Lipinski definition) is 6. The number of nitrogens with zero attached hydrogens (tertiary/aromatic N) is 6. The van der Waals surface area contributed by atoms with Crippen molar-refractivity contribution in [2.24, 2.45) is 6.98 Å². The zero-order valence-corrected chi connectivity index (χ0v) is 15.3. The molecule has 0 unspecified atom stereocenters. The number of carbonyl (C=O) groups is 1. The van der Waals surface area contributed by atoms with Gasteiger partial charge in [-0.2, -0.15) is 15.3 Å². The van der Waals surface area contributed by atoms with Gasteiger partial charge in [0.2, 0.25) is 0 Å². The first-order chi connectivity index (χ1) is 14.3. The molecule has 0 aliphatic carbocycles. The lowest BCUT2D eigenvalue weighted by Crippen LogP contribution is -2.46. The number of aromatic nitrogens is 4. The summed E-state index contributed by atoms with van der Waals surface area (Å²) in [5.41, 5.74) is 2.90. The van der Waals surface area contributed by atoms with Gasteiger partial charge in [0.25, 0.3) is 0 Å². The fraction of sp³-hybridized carbons (Fsp3) is 0.400. The second-order valence-electron chi connectivity index (χ2n) is 7.08. The summed E-state index contributed by atoms with van der Waals surface area (Å²) in [5, 5.41) is 13.2. The molecule has 1 aliphatic heterocycles. The van der Waals surface area contributed by atoms with Gasteiger partial charge in [0.1, 0.15) is 0 Å². The zero-order chi connectivity index (χ0) is 21.3. The average molecular weight is 367 g/mol. The summed E-state index contributed by atoms with van der Waals surface area (Å²) in [6.45, 7) is 1.88. The Kier molecular flexibility index (Phi) is 4.03. The Morgan fingerprint density at radius 1 is 1.15 bits per heavy atom. The molecule has 1 saturated heterocycles. The molecule has 3 aromatic rings. The number of ketones is 1. The first kappa shape index (κ1) is 14.4. The number of piperazine rings is 1. The van der Waals surface area contributed by atoms with Gasteiger partial charge in [-0.3, -0.25) is 14.4 Å². The number of carbonyl (C=O) groups excluding carboxylic acids is 1. The third kappa shape index (κ3) is 4.20. The molecule has 0 bridgehead atoms. The van der Waals surface area contributed by atoms with E-state index >= 15 is 0 Å². The van der Waals surface area contributed by atoms with Gasteiger partial charge in [0.15, 0.2) is 5.78 Å². The minimum Gasteiger partial charge on any atom is -0.304 e. The third-order valence-corrected chi connectivity index (χ3v) is 4.93. The molecule has 0 atom stereocenters. The maximum Gasteiger partial charge on any atom is 0.152 e. The fourth-order valence-corrected chi connectivity index (χ4v) is 3.34. The van der Waals surface area contributed by atoms with Crippen LogP contribution in [0.1, 0.15) is 9.81 Å². The van der Waals surface area contributed by atoms with E-state index in [4.69, 9.17) is 4.11 Å². The smallest absolute Gasteiger partial charge is 0.152 e. The molecule has 0 N–H and O–H groups in total. The highest BCUT2D eigenvalue weighted by Gasteiger charge is 2.17. The van der Waals surface area contributed by atoms with Crippen LogP contribution in [-0.4, -0.2) is 75.3 Å². The maximum atomic E-state index is 12.5. The van der Waals surface area contributed by atoms with E-state index < -0.39 is 6.98 Å². The maximum absolute atomic E-state index is 12.5. The van der Waals surface area contributed by atoms with Crippen molar-refractivity contribution in [2.75, 3.05) is 39.8 Å². The van der Waals surface area contributed by atoms with Crippen molar-refractivity contribution in [3.05, 3.63) is 42.4 Å². The van der Waals surface area contributed by atoms with Crippen molar-refractivity contribution in [2.45, 2.75) is 6.42 Å². The summed E-state index contributed by atoms with van der Waals surface area (Å²) in [5.74, 6) is 0.128. The Hall–Kier alpha value is -2.64. The van der Waals surface area contributed by atoms with Gasteiger partial charge in [0, 0.05) is 54.4 Å². The minimum atomic E-state index is -2.31. The lowest BCUT2D eigenvalue weighted by Gasteiger charge is -2.31. The van der Waals surface area contributed by atoms with Gasteiger partial charge in [-0.1, -0.05) is 6.07 Å². The third-order valence-electron chi connectivity index (χ3n) is 4.93. The van der Waals surface area contributed by atoms with E-state index in [1.165, 1.54) is 12.4 Å². The van der Waals surface area contributed by atoms with Crippen LogP contribution >= 0.6 is 0 Å². The van der Waals surface area contributed by atoms with E-state index in [0.29, 0.717) is 17.8 Å². The van der Waals surface area contributed by atoms with Gasteiger partial charge < -0.3 is 4.90 Å². The largest absolute Gasteiger partial charge is 0.304 e. The Morgan fingerprint density at radius 3 is 2.78 bits per heavy atom. The van der Waals surface area contributed by atoms with Gasteiger partial charge >= 0.3 is 0 Å². The molecule has 0 spiro atoms. The summed E-state index contributed by atoms with van der Waals surface area (Å²) >= 11 is 0. The topological polar surface area (TPSA) is 67.2 Å². The average Bonchev–Trinajstić information content (AvgIpc) is 3.20. The Morgan fingerprint density at radius 2 is 2.00 bits per heavy atom. The highest BCUT2D eigenvalue weighted by Crippen LogP contribution is 2.23. The molecule has 3 heterocycles. The van der Waals surface area contributed by atoms with E-state index in [1.54, 1.807) is 0 Å². The quantitative estimate of drug-likeness (QED) is 0.679. The SMILES string of the molecule is [2H]C([2H])([2H])n1cc(-c2ccc3nnc(CC(=O)CN4CCN(C)CC4)cc3c2)cn1. The van der Waals surface area contributed by atoms with Crippen LogP contribution in [0, 0.1) is 0 Å². The number of fused-ring (bicyclic) bond motifs is 1. The second-order valence-corrected chi connectivity index (χ2v) is 7.08. The first-order valence-electron chi connectivity index (χ1n) is 10.5. The van der Waals surface area contributed by atoms with E-state index in [1.807, 2.05) is 24.3 Å². The Bertz CT molecular complexity index is 1060. The summed E-state index contributed by atoms with van der Waals surface area (Å²) in [4.78, 5) is 16.9. The molecule has 0 radical (unpaired) electrons. The fourth-order valence-electron chi connectivity index (χ4n) is 3.34. The van der Waals surface area contributed by atoms with Crippen LogP contribution in [-0.2, 0) is 18.2 Å². The van der Waals surface area contributed by atoms with E-state index in [-0.39, 0.29) is 12.2 Å². The van der Waals surface area contributed by atoms with Crippen molar-refractivity contribution in [1.29, 1.82) is 0 Å². The molecule has 4 rings (SSSR count). The Balaban J connectivity index is 1.49. The summed E-state index contributed by atoms with van der Waals surface area (Å²) in [7, 11) is 2.09.